The van der Waals surface area contributed by atoms with Gasteiger partial charge in [-0.1, -0.05) is 32.0 Å². The summed E-state index contributed by atoms with van der Waals surface area (Å²) in [5.41, 5.74) is 2.81. The highest BCUT2D eigenvalue weighted by molar-refractivity contribution is 6.05. The third kappa shape index (κ3) is 6.02. The first-order valence-electron chi connectivity index (χ1n) is 12.0. The van der Waals surface area contributed by atoms with Crippen LogP contribution in [0.5, 0.6) is 5.75 Å². The van der Waals surface area contributed by atoms with Gasteiger partial charge in [-0.25, -0.2) is 0 Å². The molecular formula is C28H30N4O4. The first-order chi connectivity index (χ1) is 17.5. The number of ether oxygens (including phenoxy) is 1. The first kappa shape index (κ1) is 24.8. The summed E-state index contributed by atoms with van der Waals surface area (Å²) in [6.07, 6.45) is 2.67. The van der Waals surface area contributed by atoms with Crippen molar-refractivity contribution in [3.05, 3.63) is 95.7 Å². The van der Waals surface area contributed by atoms with Gasteiger partial charge >= 0.3 is 0 Å². The smallest absolute Gasteiger partial charge is 0.291 e. The maximum absolute atomic E-state index is 12.7. The number of carbonyl (C=O) groups excluding carboxylic acids is 2. The van der Waals surface area contributed by atoms with Gasteiger partial charge < -0.3 is 19.8 Å². The maximum atomic E-state index is 12.7. The van der Waals surface area contributed by atoms with Gasteiger partial charge in [0.15, 0.2) is 5.76 Å². The van der Waals surface area contributed by atoms with Crippen molar-refractivity contribution in [3.8, 4) is 5.75 Å². The summed E-state index contributed by atoms with van der Waals surface area (Å²) in [5.74, 6) is 1.29. The fraction of sp³-hybridized carbons (Fsp3) is 0.250. The molecule has 8 heteroatoms. The molecule has 2 N–H and O–H groups in total. The molecule has 186 valence electrons. The Morgan fingerprint density at radius 1 is 0.972 bits per heavy atom. The minimum absolute atomic E-state index is 0.169. The van der Waals surface area contributed by atoms with Gasteiger partial charge in [0.25, 0.3) is 11.8 Å². The van der Waals surface area contributed by atoms with Crippen molar-refractivity contribution in [2.75, 3.05) is 10.6 Å². The Labute approximate surface area is 210 Å². The van der Waals surface area contributed by atoms with E-state index >= 15 is 0 Å². The number of nitrogens with one attached hydrogen (secondary N) is 2. The lowest BCUT2D eigenvalue weighted by Gasteiger charge is -2.10. The zero-order valence-electron chi connectivity index (χ0n) is 20.7. The average molecular weight is 487 g/mol. The lowest BCUT2D eigenvalue weighted by Crippen LogP contribution is -2.17. The number of amides is 2. The van der Waals surface area contributed by atoms with E-state index in [1.54, 1.807) is 53.3 Å². The molecule has 0 spiro atoms. The number of aryl methyl sites for hydroxylation is 1. The highest BCUT2D eigenvalue weighted by atomic mass is 16.5. The van der Waals surface area contributed by atoms with E-state index in [-0.39, 0.29) is 18.3 Å². The summed E-state index contributed by atoms with van der Waals surface area (Å²) >= 11 is 0. The van der Waals surface area contributed by atoms with Crippen LogP contribution < -0.4 is 15.4 Å². The molecule has 0 bridgehead atoms. The predicted molar refractivity (Wildman–Crippen MR) is 138 cm³/mol. The molecule has 0 aliphatic rings. The number of hydrogen-bond acceptors (Lipinski definition) is 5. The van der Waals surface area contributed by atoms with Gasteiger partial charge in [-0.15, -0.1) is 0 Å². The molecule has 2 amide bonds. The van der Waals surface area contributed by atoms with Crippen molar-refractivity contribution in [1.29, 1.82) is 0 Å². The van der Waals surface area contributed by atoms with E-state index in [1.807, 2.05) is 19.1 Å². The third-order valence-electron chi connectivity index (χ3n) is 5.96. The second kappa shape index (κ2) is 11.4. The minimum atomic E-state index is -0.397. The monoisotopic (exact) mass is 486 g/mol. The SMILES string of the molecule is CCC(C)c1ccc(OCc2ccc(C(=O)Nc3cccc(NC(=O)c4ccnn4CC)c3)o2)cc1. The molecule has 8 nitrogen and oxygen atoms in total. The molecule has 36 heavy (non-hydrogen) atoms. The number of nitrogens with zero attached hydrogens (tertiary/aromatic N) is 2. The van der Waals surface area contributed by atoms with E-state index in [2.05, 4.69) is 41.7 Å². The molecule has 0 saturated heterocycles. The lowest BCUT2D eigenvalue weighted by molar-refractivity contribution is 0.0990. The molecule has 0 saturated carbocycles. The fourth-order valence-electron chi connectivity index (χ4n) is 3.70. The number of carbonyl (C=O) groups is 2. The topological polar surface area (TPSA) is 98.4 Å². The quantitative estimate of drug-likeness (QED) is 0.282. The van der Waals surface area contributed by atoms with Crippen LogP contribution in [-0.4, -0.2) is 21.6 Å². The zero-order chi connectivity index (χ0) is 25.5. The van der Waals surface area contributed by atoms with Crippen LogP contribution in [0, 0.1) is 0 Å². The van der Waals surface area contributed by atoms with E-state index in [4.69, 9.17) is 9.15 Å². The number of rotatable bonds is 10. The Balaban J connectivity index is 1.33. The molecule has 0 radical (unpaired) electrons. The Bertz CT molecular complexity index is 1320. The molecule has 1 atom stereocenters. The van der Waals surface area contributed by atoms with Gasteiger partial charge in [0.1, 0.15) is 23.8 Å². The van der Waals surface area contributed by atoms with Crippen LogP contribution in [0.4, 0.5) is 11.4 Å². The molecule has 4 aromatic rings. The summed E-state index contributed by atoms with van der Waals surface area (Å²) in [6, 6.07) is 19.9. The van der Waals surface area contributed by atoms with Crippen LogP contribution in [0.1, 0.15) is 65.5 Å². The normalized spacial score (nSPS) is 11.6. The second-order valence-electron chi connectivity index (χ2n) is 8.45. The standard InChI is InChI=1S/C28H30N4O4/c1-4-19(3)20-9-11-23(12-10-20)35-18-24-13-14-26(36-24)28(34)31-22-8-6-7-21(17-22)30-27(33)25-15-16-29-32(25)5-2/h6-17,19H,4-5,18H2,1-3H3,(H,30,33)(H,31,34). The van der Waals surface area contributed by atoms with Gasteiger partial charge in [-0.2, -0.15) is 5.10 Å². The lowest BCUT2D eigenvalue weighted by atomic mass is 9.99. The average Bonchev–Trinajstić information content (AvgIpc) is 3.57. The predicted octanol–water partition coefficient (Wildman–Crippen LogP) is 6.09. The first-order valence-corrected chi connectivity index (χ1v) is 12.0. The molecular weight excluding hydrogens is 456 g/mol. The fourth-order valence-corrected chi connectivity index (χ4v) is 3.70. The van der Waals surface area contributed by atoms with Crippen LogP contribution in [0.2, 0.25) is 0 Å². The molecule has 0 aliphatic heterocycles. The number of furan rings is 1. The summed E-state index contributed by atoms with van der Waals surface area (Å²) < 4.78 is 13.1. The molecule has 4 rings (SSSR count). The van der Waals surface area contributed by atoms with E-state index < -0.39 is 5.91 Å². The van der Waals surface area contributed by atoms with Crippen molar-refractivity contribution < 1.29 is 18.7 Å². The van der Waals surface area contributed by atoms with Crippen LogP contribution in [-0.2, 0) is 13.2 Å². The Morgan fingerprint density at radius 3 is 2.39 bits per heavy atom. The van der Waals surface area contributed by atoms with Gasteiger partial charge in [-0.05, 0) is 73.4 Å². The second-order valence-corrected chi connectivity index (χ2v) is 8.45. The van der Waals surface area contributed by atoms with Crippen molar-refractivity contribution >= 4 is 23.2 Å². The van der Waals surface area contributed by atoms with Crippen LogP contribution in [0.25, 0.3) is 0 Å². The summed E-state index contributed by atoms with van der Waals surface area (Å²) in [6.45, 7) is 7.08. The van der Waals surface area contributed by atoms with Crippen LogP contribution >= 0.6 is 0 Å². The van der Waals surface area contributed by atoms with Crippen molar-refractivity contribution in [2.45, 2.75) is 46.3 Å². The van der Waals surface area contributed by atoms with E-state index in [1.165, 1.54) is 5.56 Å². The van der Waals surface area contributed by atoms with Gasteiger partial charge in [0.05, 0.1) is 0 Å². The number of hydrogen-bond donors (Lipinski definition) is 2. The molecule has 2 heterocycles. The van der Waals surface area contributed by atoms with Gasteiger partial charge in [0.2, 0.25) is 0 Å². The number of aromatic nitrogens is 2. The van der Waals surface area contributed by atoms with E-state index in [0.717, 1.165) is 12.2 Å². The van der Waals surface area contributed by atoms with Crippen molar-refractivity contribution in [3.63, 3.8) is 0 Å². The van der Waals surface area contributed by atoms with Crippen LogP contribution in [0.3, 0.4) is 0 Å². The van der Waals surface area contributed by atoms with Crippen LogP contribution in [0.15, 0.2) is 77.3 Å². The third-order valence-corrected chi connectivity index (χ3v) is 5.96. The largest absolute Gasteiger partial charge is 0.486 e. The summed E-state index contributed by atoms with van der Waals surface area (Å²) in [5, 5.41) is 9.74. The molecule has 0 aliphatic carbocycles. The summed E-state index contributed by atoms with van der Waals surface area (Å²) in [4.78, 5) is 25.2. The Hall–Kier alpha value is -4.33. The Morgan fingerprint density at radius 2 is 1.69 bits per heavy atom. The van der Waals surface area contributed by atoms with Crippen molar-refractivity contribution in [1.82, 2.24) is 9.78 Å². The number of anilines is 2. The highest BCUT2D eigenvalue weighted by Gasteiger charge is 2.14. The minimum Gasteiger partial charge on any atom is -0.486 e. The van der Waals surface area contributed by atoms with Gasteiger partial charge in [0, 0.05) is 24.1 Å². The zero-order valence-corrected chi connectivity index (χ0v) is 20.7. The van der Waals surface area contributed by atoms with Crippen molar-refractivity contribution in [2.24, 2.45) is 0 Å². The molecule has 1 unspecified atom stereocenters. The highest BCUT2D eigenvalue weighted by Crippen LogP contribution is 2.23. The molecule has 2 aromatic heterocycles. The van der Waals surface area contributed by atoms with Gasteiger partial charge in [-0.3, -0.25) is 14.3 Å². The Kier molecular flexibility index (Phi) is 7.85. The molecule has 2 aromatic carbocycles. The van der Waals surface area contributed by atoms with E-state index in [0.29, 0.717) is 35.3 Å². The van der Waals surface area contributed by atoms with E-state index in [9.17, 15) is 9.59 Å². The maximum Gasteiger partial charge on any atom is 0.291 e. The summed E-state index contributed by atoms with van der Waals surface area (Å²) in [7, 11) is 0. The number of benzene rings is 2. The molecule has 0 fully saturated rings.